The number of benzene rings is 2. The van der Waals surface area contributed by atoms with Crippen LogP contribution < -0.4 is 10.1 Å². The highest BCUT2D eigenvalue weighted by atomic mass is 16.5. The van der Waals surface area contributed by atoms with Gasteiger partial charge >= 0.3 is 0 Å². The van der Waals surface area contributed by atoms with E-state index in [1.54, 1.807) is 7.11 Å². The quantitative estimate of drug-likeness (QED) is 0.934. The lowest BCUT2D eigenvalue weighted by atomic mass is 10.0. The van der Waals surface area contributed by atoms with E-state index in [1.807, 2.05) is 6.07 Å². The number of nitrogens with one attached hydrogen (secondary N) is 1. The predicted octanol–water partition coefficient (Wildman–Crippen LogP) is 1.80. The van der Waals surface area contributed by atoms with Crippen LogP contribution in [-0.4, -0.2) is 50.3 Å². The van der Waals surface area contributed by atoms with Crippen LogP contribution in [0.3, 0.4) is 0 Å². The van der Waals surface area contributed by atoms with E-state index in [0.29, 0.717) is 19.8 Å². The van der Waals surface area contributed by atoms with Crippen LogP contribution in [0.1, 0.15) is 5.56 Å². The minimum absolute atomic E-state index is 0.0611. The molecule has 2 aliphatic rings. The molecule has 2 bridgehead atoms. The molecule has 2 aliphatic heterocycles. The summed E-state index contributed by atoms with van der Waals surface area (Å²) in [4.78, 5) is 14.5. The van der Waals surface area contributed by atoms with Crippen LogP contribution in [0.2, 0.25) is 0 Å². The first kappa shape index (κ1) is 15.4. The predicted molar refractivity (Wildman–Crippen MR) is 92.0 cm³/mol. The zero-order valence-corrected chi connectivity index (χ0v) is 13.8. The van der Waals surface area contributed by atoms with Gasteiger partial charge in [-0.25, -0.2) is 0 Å². The van der Waals surface area contributed by atoms with Gasteiger partial charge in [-0.15, -0.1) is 0 Å². The summed E-state index contributed by atoms with van der Waals surface area (Å²) < 4.78 is 11.2. The first-order valence-corrected chi connectivity index (χ1v) is 8.39. The van der Waals surface area contributed by atoms with Crippen molar-refractivity contribution in [3.8, 4) is 5.75 Å². The molecule has 0 spiro atoms. The molecule has 2 fully saturated rings. The van der Waals surface area contributed by atoms with Crippen molar-refractivity contribution in [1.29, 1.82) is 0 Å². The summed E-state index contributed by atoms with van der Waals surface area (Å²) in [5.41, 5.74) is 1.18. The van der Waals surface area contributed by atoms with Gasteiger partial charge in [0.25, 0.3) is 0 Å². The van der Waals surface area contributed by atoms with Crippen molar-refractivity contribution in [2.24, 2.45) is 5.92 Å². The Kier molecular flexibility index (Phi) is 4.12. The van der Waals surface area contributed by atoms with Crippen molar-refractivity contribution >= 4 is 16.7 Å². The van der Waals surface area contributed by atoms with Crippen LogP contribution in [-0.2, 0) is 16.1 Å². The summed E-state index contributed by atoms with van der Waals surface area (Å²) in [7, 11) is 1.71. The van der Waals surface area contributed by atoms with Crippen LogP contribution in [0.5, 0.6) is 5.75 Å². The molecule has 2 atom stereocenters. The molecule has 5 heteroatoms. The van der Waals surface area contributed by atoms with Crippen molar-refractivity contribution in [3.05, 3.63) is 42.0 Å². The van der Waals surface area contributed by atoms with Gasteiger partial charge in [0.2, 0.25) is 5.91 Å². The van der Waals surface area contributed by atoms with E-state index in [1.165, 1.54) is 16.3 Å². The molecule has 2 aromatic carbocycles. The van der Waals surface area contributed by atoms with Gasteiger partial charge in [-0.2, -0.15) is 0 Å². The topological polar surface area (TPSA) is 50.8 Å². The Morgan fingerprint density at radius 3 is 2.96 bits per heavy atom. The standard InChI is InChI=1S/C19H22N2O3/c1-23-18-7-6-13-4-2-3-5-16(13)17(18)10-21-8-14-11-24-12-15(9-21)20-19(14)22/h2-7,14-15H,8-12H2,1H3,(H,20,22)/t14-,15+/m1/s1. The lowest BCUT2D eigenvalue weighted by Gasteiger charge is -2.28. The highest BCUT2D eigenvalue weighted by Crippen LogP contribution is 2.30. The van der Waals surface area contributed by atoms with Gasteiger partial charge in [0.1, 0.15) is 5.75 Å². The van der Waals surface area contributed by atoms with Crippen molar-refractivity contribution in [2.75, 3.05) is 33.4 Å². The van der Waals surface area contributed by atoms with E-state index in [2.05, 4.69) is 40.5 Å². The molecule has 0 saturated carbocycles. The van der Waals surface area contributed by atoms with Crippen LogP contribution in [0.15, 0.2) is 36.4 Å². The average molecular weight is 326 g/mol. The number of carbonyl (C=O) groups is 1. The molecule has 24 heavy (non-hydrogen) atoms. The van der Waals surface area contributed by atoms with E-state index >= 15 is 0 Å². The first-order chi connectivity index (χ1) is 11.7. The molecular formula is C19H22N2O3. The number of methoxy groups -OCH3 is 1. The molecule has 4 rings (SSSR count). The zero-order valence-electron chi connectivity index (χ0n) is 13.8. The number of fused-ring (bicyclic) bond motifs is 4. The van der Waals surface area contributed by atoms with Crippen LogP contribution in [0.4, 0.5) is 0 Å². The van der Waals surface area contributed by atoms with Crippen LogP contribution in [0, 0.1) is 5.92 Å². The minimum atomic E-state index is -0.0986. The van der Waals surface area contributed by atoms with E-state index in [0.717, 1.165) is 18.8 Å². The van der Waals surface area contributed by atoms with Gasteiger partial charge in [-0.3, -0.25) is 9.69 Å². The molecule has 2 saturated heterocycles. The summed E-state index contributed by atoms with van der Waals surface area (Å²) in [5, 5.41) is 5.50. The summed E-state index contributed by atoms with van der Waals surface area (Å²) in [6, 6.07) is 12.5. The van der Waals surface area contributed by atoms with E-state index in [4.69, 9.17) is 9.47 Å². The van der Waals surface area contributed by atoms with Gasteiger partial charge in [-0.05, 0) is 16.8 Å². The third-order valence-electron chi connectivity index (χ3n) is 4.91. The first-order valence-electron chi connectivity index (χ1n) is 8.39. The Balaban J connectivity index is 1.67. The Labute approximate surface area is 141 Å². The van der Waals surface area contributed by atoms with Crippen molar-refractivity contribution in [1.82, 2.24) is 10.2 Å². The van der Waals surface area contributed by atoms with E-state index < -0.39 is 0 Å². The van der Waals surface area contributed by atoms with Crippen LogP contribution >= 0.6 is 0 Å². The van der Waals surface area contributed by atoms with Gasteiger partial charge in [0.05, 0.1) is 32.3 Å². The Morgan fingerprint density at radius 1 is 1.21 bits per heavy atom. The second kappa shape index (κ2) is 6.42. The van der Waals surface area contributed by atoms with Gasteiger partial charge in [0, 0.05) is 25.2 Å². The molecule has 0 radical (unpaired) electrons. The fourth-order valence-corrected chi connectivity index (χ4v) is 3.74. The molecule has 1 amide bonds. The van der Waals surface area contributed by atoms with E-state index in [9.17, 15) is 4.79 Å². The van der Waals surface area contributed by atoms with Crippen molar-refractivity contribution in [3.63, 3.8) is 0 Å². The number of amides is 1. The summed E-state index contributed by atoms with van der Waals surface area (Å²) in [5.74, 6) is 0.919. The maximum atomic E-state index is 12.2. The van der Waals surface area contributed by atoms with Gasteiger partial charge < -0.3 is 14.8 Å². The molecule has 0 aromatic heterocycles. The molecule has 0 aliphatic carbocycles. The average Bonchev–Trinajstić information content (AvgIpc) is 2.84. The number of rotatable bonds is 3. The monoisotopic (exact) mass is 326 g/mol. The Hall–Kier alpha value is -2.11. The third kappa shape index (κ3) is 2.85. The maximum Gasteiger partial charge on any atom is 0.227 e. The molecule has 5 nitrogen and oxygen atoms in total. The SMILES string of the molecule is COc1ccc2ccccc2c1CN1C[C@H]2COC[C@@H](C1)C(=O)N2. The largest absolute Gasteiger partial charge is 0.496 e. The van der Waals surface area contributed by atoms with Crippen LogP contribution in [0.25, 0.3) is 10.8 Å². The van der Waals surface area contributed by atoms with Crippen molar-refractivity contribution in [2.45, 2.75) is 12.6 Å². The molecule has 126 valence electrons. The molecular weight excluding hydrogens is 304 g/mol. The molecule has 1 N–H and O–H groups in total. The van der Waals surface area contributed by atoms with Crippen molar-refractivity contribution < 1.29 is 14.3 Å². The third-order valence-corrected chi connectivity index (χ3v) is 4.91. The Morgan fingerprint density at radius 2 is 2.08 bits per heavy atom. The zero-order chi connectivity index (χ0) is 16.5. The minimum Gasteiger partial charge on any atom is -0.496 e. The molecule has 2 aromatic rings. The smallest absolute Gasteiger partial charge is 0.227 e. The highest BCUT2D eigenvalue weighted by molar-refractivity contribution is 5.87. The fraction of sp³-hybridized carbons (Fsp3) is 0.421. The second-order valence-electron chi connectivity index (χ2n) is 6.60. The number of hydrogen-bond acceptors (Lipinski definition) is 4. The highest BCUT2D eigenvalue weighted by Gasteiger charge is 2.33. The Bertz CT molecular complexity index is 761. The van der Waals surface area contributed by atoms with E-state index in [-0.39, 0.29) is 17.9 Å². The summed E-state index contributed by atoms with van der Waals surface area (Å²) >= 11 is 0. The fourth-order valence-electron chi connectivity index (χ4n) is 3.74. The number of carbonyl (C=O) groups excluding carboxylic acids is 1. The lowest BCUT2D eigenvalue weighted by molar-refractivity contribution is -0.125. The summed E-state index contributed by atoms with van der Waals surface area (Å²) in [6.07, 6.45) is 0. The van der Waals surface area contributed by atoms with Gasteiger partial charge in [-0.1, -0.05) is 30.3 Å². The maximum absolute atomic E-state index is 12.2. The molecule has 0 unspecified atom stereocenters. The van der Waals surface area contributed by atoms with Gasteiger partial charge in [0.15, 0.2) is 0 Å². The lowest BCUT2D eigenvalue weighted by Crippen LogP contribution is -2.41. The second-order valence-corrected chi connectivity index (χ2v) is 6.60. The number of hydrogen-bond donors (Lipinski definition) is 1. The molecule has 2 heterocycles. The number of ether oxygens (including phenoxy) is 2. The number of nitrogens with zero attached hydrogens (tertiary/aromatic N) is 1. The summed E-state index contributed by atoms with van der Waals surface area (Å²) in [6.45, 7) is 3.38. The normalized spacial score (nSPS) is 24.5.